The molecule has 30 heavy (non-hydrogen) atoms. The number of aromatic amines is 1. The fourth-order valence-electron chi connectivity index (χ4n) is 3.85. The maximum Gasteiger partial charge on any atom is 0.325 e. The topological polar surface area (TPSA) is 81.7 Å². The van der Waals surface area contributed by atoms with Crippen molar-refractivity contribution in [2.75, 3.05) is 18.6 Å². The molecule has 7 nitrogen and oxygen atoms in total. The summed E-state index contributed by atoms with van der Waals surface area (Å²) in [5.41, 5.74) is 2.72. The molecule has 1 fully saturated rings. The molecule has 1 unspecified atom stereocenters. The second kappa shape index (κ2) is 7.84. The number of aromatic nitrogens is 2. The van der Waals surface area contributed by atoms with Gasteiger partial charge in [0.2, 0.25) is 0 Å². The third kappa shape index (κ3) is 3.89. The van der Waals surface area contributed by atoms with Crippen LogP contribution in [0.2, 0.25) is 0 Å². The first-order chi connectivity index (χ1) is 14.4. The zero-order valence-electron chi connectivity index (χ0n) is 17.4. The van der Waals surface area contributed by atoms with Crippen LogP contribution in [0, 0.1) is 0 Å². The molecule has 1 atom stereocenters. The Kier molecular flexibility index (Phi) is 5.22. The van der Waals surface area contributed by atoms with Gasteiger partial charge in [-0.25, -0.2) is 4.79 Å². The summed E-state index contributed by atoms with van der Waals surface area (Å²) in [7, 11) is 1.62. The molecule has 4 rings (SSSR count). The van der Waals surface area contributed by atoms with Gasteiger partial charge in [0.1, 0.15) is 5.75 Å². The van der Waals surface area contributed by atoms with Gasteiger partial charge in [0.05, 0.1) is 31.5 Å². The Balaban J connectivity index is 1.60. The van der Waals surface area contributed by atoms with E-state index in [2.05, 4.69) is 10.2 Å². The van der Waals surface area contributed by atoms with E-state index in [0.29, 0.717) is 13.1 Å². The highest BCUT2D eigenvalue weighted by Crippen LogP contribution is 2.32. The molecule has 2 aromatic carbocycles. The van der Waals surface area contributed by atoms with Crippen LogP contribution in [0.3, 0.4) is 0 Å². The van der Waals surface area contributed by atoms with E-state index < -0.39 is 5.60 Å². The molecule has 2 amide bonds. The number of urea groups is 1. The lowest BCUT2D eigenvalue weighted by atomic mass is 9.98. The summed E-state index contributed by atoms with van der Waals surface area (Å²) in [5, 5.41) is 17.5. The second-order valence-corrected chi connectivity index (χ2v) is 8.08. The van der Waals surface area contributed by atoms with Crippen molar-refractivity contribution in [3.8, 4) is 16.9 Å². The zero-order chi connectivity index (χ0) is 21.3. The lowest BCUT2D eigenvalue weighted by Crippen LogP contribution is -2.47. The molecule has 2 heterocycles. The Morgan fingerprint density at radius 3 is 2.60 bits per heavy atom. The summed E-state index contributed by atoms with van der Waals surface area (Å²) >= 11 is 0. The van der Waals surface area contributed by atoms with E-state index in [1.165, 1.54) is 0 Å². The third-order valence-corrected chi connectivity index (χ3v) is 5.52. The predicted molar refractivity (Wildman–Crippen MR) is 115 cm³/mol. The molecule has 1 aromatic heterocycles. The zero-order valence-corrected chi connectivity index (χ0v) is 17.4. The highest BCUT2D eigenvalue weighted by Gasteiger charge is 2.45. The first-order valence-corrected chi connectivity index (χ1v) is 9.89. The molecule has 0 spiro atoms. The molecule has 7 heteroatoms. The Hall–Kier alpha value is -3.32. The lowest BCUT2D eigenvalue weighted by molar-refractivity contribution is 0.00920. The standard InChI is InChI=1S/C23H26N4O3/c1-23(2,29)21-15-26(19-9-7-17(8-10-19)18-12-24-25-13-18)22(28)27(21)14-16-5-4-6-20(11-16)30-3/h4-13,21,29H,14-15H2,1-3H3,(H,24,25). The number of aliphatic hydroxyl groups is 1. The van der Waals surface area contributed by atoms with Crippen molar-refractivity contribution in [2.24, 2.45) is 0 Å². The third-order valence-electron chi connectivity index (χ3n) is 5.52. The number of ether oxygens (including phenoxy) is 1. The van der Waals surface area contributed by atoms with Crippen LogP contribution in [-0.4, -0.2) is 51.5 Å². The summed E-state index contributed by atoms with van der Waals surface area (Å²) < 4.78 is 5.30. The van der Waals surface area contributed by atoms with Gasteiger partial charge in [-0.05, 0) is 49.2 Å². The van der Waals surface area contributed by atoms with Crippen LogP contribution in [0.1, 0.15) is 19.4 Å². The van der Waals surface area contributed by atoms with Crippen molar-refractivity contribution in [1.29, 1.82) is 0 Å². The number of hydrogen-bond donors (Lipinski definition) is 2. The molecule has 0 bridgehead atoms. The highest BCUT2D eigenvalue weighted by molar-refractivity contribution is 5.95. The molecule has 1 aliphatic rings. The molecule has 0 saturated carbocycles. The quantitative estimate of drug-likeness (QED) is 0.654. The largest absolute Gasteiger partial charge is 0.497 e. The summed E-state index contributed by atoms with van der Waals surface area (Å²) in [4.78, 5) is 16.8. The lowest BCUT2D eigenvalue weighted by Gasteiger charge is -2.32. The van der Waals surface area contributed by atoms with Crippen molar-refractivity contribution in [3.05, 3.63) is 66.5 Å². The molecule has 0 aliphatic carbocycles. The van der Waals surface area contributed by atoms with Gasteiger partial charge in [-0.3, -0.25) is 10.00 Å². The summed E-state index contributed by atoms with van der Waals surface area (Å²) in [6.07, 6.45) is 3.59. The summed E-state index contributed by atoms with van der Waals surface area (Å²) in [6.45, 7) is 4.30. The van der Waals surface area contributed by atoms with Crippen LogP contribution in [0.25, 0.3) is 11.1 Å². The highest BCUT2D eigenvalue weighted by atomic mass is 16.5. The normalized spacial score (nSPS) is 16.9. The van der Waals surface area contributed by atoms with Gasteiger partial charge in [0.25, 0.3) is 0 Å². The van der Waals surface area contributed by atoms with Crippen LogP contribution in [0.5, 0.6) is 5.75 Å². The van der Waals surface area contributed by atoms with Crippen LogP contribution < -0.4 is 9.64 Å². The Bertz CT molecular complexity index is 1010. The van der Waals surface area contributed by atoms with Gasteiger partial charge in [0.15, 0.2) is 0 Å². The minimum atomic E-state index is -1.04. The number of benzene rings is 2. The van der Waals surface area contributed by atoms with Gasteiger partial charge in [-0.1, -0.05) is 24.3 Å². The van der Waals surface area contributed by atoms with E-state index in [-0.39, 0.29) is 12.1 Å². The Morgan fingerprint density at radius 2 is 1.97 bits per heavy atom. The minimum Gasteiger partial charge on any atom is -0.497 e. The second-order valence-electron chi connectivity index (χ2n) is 8.08. The average Bonchev–Trinajstić information content (AvgIpc) is 3.37. The Labute approximate surface area is 175 Å². The van der Waals surface area contributed by atoms with E-state index in [1.807, 2.05) is 54.7 Å². The van der Waals surface area contributed by atoms with E-state index in [0.717, 1.165) is 28.1 Å². The van der Waals surface area contributed by atoms with Crippen LogP contribution in [0.4, 0.5) is 10.5 Å². The maximum atomic E-state index is 13.3. The van der Waals surface area contributed by atoms with E-state index in [9.17, 15) is 9.90 Å². The molecule has 1 aliphatic heterocycles. The summed E-state index contributed by atoms with van der Waals surface area (Å²) in [5.74, 6) is 0.741. The SMILES string of the molecule is COc1cccc(CN2C(=O)N(c3ccc(-c4cn[nH]c4)cc3)CC2C(C)(C)O)c1. The van der Waals surface area contributed by atoms with Gasteiger partial charge in [0, 0.05) is 24.0 Å². The van der Waals surface area contributed by atoms with Crippen LogP contribution in [0.15, 0.2) is 60.9 Å². The van der Waals surface area contributed by atoms with Gasteiger partial charge in [-0.2, -0.15) is 5.10 Å². The fourth-order valence-corrected chi connectivity index (χ4v) is 3.85. The molecular weight excluding hydrogens is 380 g/mol. The van der Waals surface area contributed by atoms with Crippen molar-refractivity contribution in [3.63, 3.8) is 0 Å². The molecule has 0 radical (unpaired) electrons. The first-order valence-electron chi connectivity index (χ1n) is 9.89. The van der Waals surface area contributed by atoms with Crippen molar-refractivity contribution < 1.29 is 14.6 Å². The molecule has 156 valence electrons. The van der Waals surface area contributed by atoms with Crippen LogP contribution >= 0.6 is 0 Å². The van der Waals surface area contributed by atoms with Crippen molar-refractivity contribution in [1.82, 2.24) is 15.1 Å². The number of amides is 2. The number of carbonyl (C=O) groups is 1. The monoisotopic (exact) mass is 406 g/mol. The first kappa shape index (κ1) is 20.0. The fraction of sp³-hybridized carbons (Fsp3) is 0.304. The maximum absolute atomic E-state index is 13.3. The van der Waals surface area contributed by atoms with E-state index in [4.69, 9.17) is 4.74 Å². The number of methoxy groups -OCH3 is 1. The van der Waals surface area contributed by atoms with E-state index in [1.54, 1.807) is 37.0 Å². The molecule has 3 aromatic rings. The van der Waals surface area contributed by atoms with Gasteiger partial charge in [-0.15, -0.1) is 0 Å². The summed E-state index contributed by atoms with van der Waals surface area (Å²) in [6, 6.07) is 15.0. The minimum absolute atomic E-state index is 0.124. The number of carbonyl (C=O) groups excluding carboxylic acids is 1. The van der Waals surface area contributed by atoms with Gasteiger partial charge >= 0.3 is 6.03 Å². The number of nitrogens with one attached hydrogen (secondary N) is 1. The number of hydrogen-bond acceptors (Lipinski definition) is 4. The van der Waals surface area contributed by atoms with Crippen LogP contribution in [-0.2, 0) is 6.54 Å². The van der Waals surface area contributed by atoms with E-state index >= 15 is 0 Å². The number of H-pyrrole nitrogens is 1. The smallest absolute Gasteiger partial charge is 0.325 e. The Morgan fingerprint density at radius 1 is 1.20 bits per heavy atom. The number of anilines is 1. The molecule has 2 N–H and O–H groups in total. The molecular formula is C23H26N4O3. The number of rotatable bonds is 6. The van der Waals surface area contributed by atoms with Crippen molar-refractivity contribution in [2.45, 2.75) is 32.0 Å². The van der Waals surface area contributed by atoms with Gasteiger partial charge < -0.3 is 14.7 Å². The predicted octanol–water partition coefficient (Wildman–Crippen LogP) is 3.67. The average molecular weight is 406 g/mol. The van der Waals surface area contributed by atoms with Crippen molar-refractivity contribution >= 4 is 11.7 Å². The molecule has 1 saturated heterocycles. The number of nitrogens with zero attached hydrogens (tertiary/aromatic N) is 3.